The van der Waals surface area contributed by atoms with Crippen LogP contribution in [0.1, 0.15) is 40.9 Å². The number of likely N-dealkylation sites (tertiary alicyclic amines) is 1. The zero-order valence-electron chi connectivity index (χ0n) is 18.7. The first-order valence-corrected chi connectivity index (χ1v) is 11.4. The van der Waals surface area contributed by atoms with Gasteiger partial charge in [-0.15, -0.1) is 0 Å². The van der Waals surface area contributed by atoms with Crippen LogP contribution in [0.5, 0.6) is 5.88 Å². The van der Waals surface area contributed by atoms with Crippen LogP contribution in [-0.2, 0) is 6.54 Å². The van der Waals surface area contributed by atoms with E-state index in [-0.39, 0.29) is 11.6 Å². The van der Waals surface area contributed by atoms with Gasteiger partial charge in [-0.25, -0.2) is 0 Å². The average molecular weight is 456 g/mol. The highest BCUT2D eigenvalue weighted by Crippen LogP contribution is 2.29. The molecule has 0 unspecified atom stereocenters. The van der Waals surface area contributed by atoms with Gasteiger partial charge in [0.15, 0.2) is 12.0 Å². The van der Waals surface area contributed by atoms with Crippen LogP contribution in [0.15, 0.2) is 68.8 Å². The van der Waals surface area contributed by atoms with Crippen LogP contribution in [-0.4, -0.2) is 40.6 Å². The summed E-state index contributed by atoms with van der Waals surface area (Å²) in [6.45, 7) is 3.24. The largest absolute Gasteiger partial charge is 0.494 e. The van der Waals surface area contributed by atoms with E-state index in [0.29, 0.717) is 33.9 Å². The van der Waals surface area contributed by atoms with Crippen molar-refractivity contribution in [1.29, 1.82) is 0 Å². The molecule has 1 aliphatic heterocycles. The first-order valence-electron chi connectivity index (χ1n) is 11.4. The lowest BCUT2D eigenvalue weighted by Crippen LogP contribution is -2.28. The summed E-state index contributed by atoms with van der Waals surface area (Å²) < 4.78 is 5.51. The number of nitrogens with zero attached hydrogens (tertiary/aromatic N) is 2. The molecule has 1 saturated heterocycles. The third kappa shape index (κ3) is 4.56. The monoisotopic (exact) mass is 455 g/mol. The molecule has 0 bridgehead atoms. The van der Waals surface area contributed by atoms with E-state index in [1.54, 1.807) is 36.5 Å². The molecule has 0 spiro atoms. The van der Waals surface area contributed by atoms with Gasteiger partial charge in [0.1, 0.15) is 5.76 Å². The van der Waals surface area contributed by atoms with Crippen molar-refractivity contribution in [1.82, 2.24) is 9.88 Å². The molecule has 2 N–H and O–H groups in total. The predicted octanol–water partition coefficient (Wildman–Crippen LogP) is 5.04. The third-order valence-electron chi connectivity index (χ3n) is 6.20. The van der Waals surface area contributed by atoms with Crippen molar-refractivity contribution in [2.75, 3.05) is 13.1 Å². The average Bonchev–Trinajstić information content (AvgIpc) is 3.35. The van der Waals surface area contributed by atoms with Crippen molar-refractivity contribution >= 4 is 29.0 Å². The topological polar surface area (TPSA) is 98.9 Å². The molecule has 0 atom stereocenters. The maximum absolute atomic E-state index is 12.4. The fourth-order valence-electron chi connectivity index (χ4n) is 4.39. The number of hydrogen-bond acceptors (Lipinski definition) is 6. The van der Waals surface area contributed by atoms with Gasteiger partial charge in [-0.1, -0.05) is 24.6 Å². The van der Waals surface area contributed by atoms with E-state index in [1.165, 1.54) is 24.8 Å². The number of aliphatic imine (C=N–C) groups is 1. The molecule has 34 heavy (non-hydrogen) atoms. The Kier molecular flexibility index (Phi) is 6.10. The maximum Gasteiger partial charge on any atom is 0.258 e. The minimum absolute atomic E-state index is 0.217. The number of nitrogens with one attached hydrogen (secondary N) is 1. The summed E-state index contributed by atoms with van der Waals surface area (Å²) >= 11 is 0. The quantitative estimate of drug-likeness (QED) is 0.313. The van der Waals surface area contributed by atoms with Gasteiger partial charge in [0.25, 0.3) is 5.56 Å². The van der Waals surface area contributed by atoms with Crippen LogP contribution in [0.4, 0.5) is 5.69 Å². The minimum atomic E-state index is -0.397. The van der Waals surface area contributed by atoms with Crippen molar-refractivity contribution in [2.45, 2.75) is 25.8 Å². The first-order chi connectivity index (χ1) is 16.6. The van der Waals surface area contributed by atoms with E-state index in [2.05, 4.69) is 27.0 Å². The molecule has 0 aliphatic carbocycles. The van der Waals surface area contributed by atoms with Crippen molar-refractivity contribution in [3.8, 4) is 17.2 Å². The SMILES string of the molecule is O=Cc1ccc(-c2ccc3c(=O)[nH]c(O)c(C=Nc4ccc(CN5CCCCC5)cc4)c3c2)o1. The number of piperidine rings is 1. The van der Waals surface area contributed by atoms with Crippen LogP contribution in [0.2, 0.25) is 0 Å². The normalized spacial score (nSPS) is 14.7. The van der Waals surface area contributed by atoms with Crippen LogP contribution >= 0.6 is 0 Å². The second-order valence-corrected chi connectivity index (χ2v) is 8.56. The molecule has 1 aliphatic rings. The van der Waals surface area contributed by atoms with Gasteiger partial charge in [-0.2, -0.15) is 0 Å². The van der Waals surface area contributed by atoms with E-state index in [9.17, 15) is 14.7 Å². The molecular formula is C27H25N3O4. The first kappa shape index (κ1) is 21.9. The molecule has 7 nitrogen and oxygen atoms in total. The molecule has 1 fully saturated rings. The fourth-order valence-corrected chi connectivity index (χ4v) is 4.39. The Morgan fingerprint density at radius 3 is 2.53 bits per heavy atom. The molecule has 3 heterocycles. The summed E-state index contributed by atoms with van der Waals surface area (Å²) in [6.07, 6.45) is 6.03. The number of fused-ring (bicyclic) bond motifs is 1. The lowest BCUT2D eigenvalue weighted by molar-refractivity contribution is 0.110. The third-order valence-corrected chi connectivity index (χ3v) is 6.20. The van der Waals surface area contributed by atoms with Crippen molar-refractivity contribution in [2.24, 2.45) is 4.99 Å². The van der Waals surface area contributed by atoms with Crippen LogP contribution < -0.4 is 5.56 Å². The summed E-state index contributed by atoms with van der Waals surface area (Å²) in [4.78, 5) is 32.8. The fraction of sp³-hybridized carbons (Fsp3) is 0.222. The second kappa shape index (κ2) is 9.49. The lowest BCUT2D eigenvalue weighted by atomic mass is 10.0. The Hall–Kier alpha value is -3.97. The van der Waals surface area contributed by atoms with Crippen molar-refractivity contribution < 1.29 is 14.3 Å². The standard InChI is InChI=1S/C27H25N3O4/c31-17-21-9-11-25(34-21)19-6-10-22-23(14-19)24(27(33)29-26(22)32)15-28-20-7-4-18(5-8-20)16-30-12-2-1-3-13-30/h4-11,14-15,17H,1-3,12-13,16H2,(H2,29,32,33). The Balaban J connectivity index is 1.44. The summed E-state index contributed by atoms with van der Waals surface area (Å²) in [7, 11) is 0. The summed E-state index contributed by atoms with van der Waals surface area (Å²) in [6, 6.07) is 16.5. The zero-order valence-corrected chi connectivity index (χ0v) is 18.7. The number of carbonyl (C=O) groups is 1. The number of H-pyrrole nitrogens is 1. The minimum Gasteiger partial charge on any atom is -0.494 e. The summed E-state index contributed by atoms with van der Waals surface area (Å²) in [5.74, 6) is 0.457. The Labute approximate surface area is 196 Å². The molecular weight excluding hydrogens is 430 g/mol. The summed E-state index contributed by atoms with van der Waals surface area (Å²) in [5.41, 5.74) is 2.68. The van der Waals surface area contributed by atoms with Crippen LogP contribution in [0, 0.1) is 0 Å². The Morgan fingerprint density at radius 1 is 1.00 bits per heavy atom. The number of furan rings is 1. The number of pyridine rings is 1. The number of rotatable bonds is 6. The van der Waals surface area contributed by atoms with Crippen molar-refractivity contribution in [3.05, 3.63) is 81.8 Å². The number of aromatic hydroxyl groups is 1. The van der Waals surface area contributed by atoms with Crippen LogP contribution in [0.25, 0.3) is 22.1 Å². The van der Waals surface area contributed by atoms with Gasteiger partial charge < -0.3 is 9.52 Å². The number of benzene rings is 2. The number of aromatic nitrogens is 1. The number of aromatic amines is 1. The van der Waals surface area contributed by atoms with E-state index < -0.39 is 5.56 Å². The number of aldehydes is 1. The van der Waals surface area contributed by atoms with E-state index >= 15 is 0 Å². The van der Waals surface area contributed by atoms with Gasteiger partial charge in [0, 0.05) is 29.1 Å². The van der Waals surface area contributed by atoms with Gasteiger partial charge in [-0.05, 0) is 67.9 Å². The van der Waals surface area contributed by atoms with E-state index in [4.69, 9.17) is 4.42 Å². The molecule has 7 heteroatoms. The summed E-state index contributed by atoms with van der Waals surface area (Å²) in [5, 5.41) is 11.4. The number of carbonyl (C=O) groups excluding carboxylic acids is 1. The number of hydrogen-bond donors (Lipinski definition) is 2. The zero-order chi connectivity index (χ0) is 23.5. The Bertz CT molecular complexity index is 1410. The van der Waals surface area contributed by atoms with Crippen molar-refractivity contribution in [3.63, 3.8) is 0 Å². The van der Waals surface area contributed by atoms with Gasteiger partial charge in [-0.3, -0.25) is 24.5 Å². The van der Waals surface area contributed by atoms with Crippen LogP contribution in [0.3, 0.4) is 0 Å². The second-order valence-electron chi connectivity index (χ2n) is 8.56. The molecule has 2 aromatic heterocycles. The molecule has 5 rings (SSSR count). The smallest absolute Gasteiger partial charge is 0.258 e. The maximum atomic E-state index is 12.4. The highest BCUT2D eigenvalue weighted by atomic mass is 16.3. The highest BCUT2D eigenvalue weighted by Gasteiger charge is 2.13. The molecule has 4 aromatic rings. The van der Waals surface area contributed by atoms with E-state index in [1.807, 2.05) is 12.1 Å². The Morgan fingerprint density at radius 2 is 1.79 bits per heavy atom. The molecule has 172 valence electrons. The van der Waals surface area contributed by atoms with Gasteiger partial charge >= 0.3 is 0 Å². The molecule has 2 aromatic carbocycles. The molecule has 0 saturated carbocycles. The lowest BCUT2D eigenvalue weighted by Gasteiger charge is -2.26. The predicted molar refractivity (Wildman–Crippen MR) is 132 cm³/mol. The van der Waals surface area contributed by atoms with Gasteiger partial charge in [0.05, 0.1) is 11.3 Å². The van der Waals surface area contributed by atoms with E-state index in [0.717, 1.165) is 25.3 Å². The van der Waals surface area contributed by atoms with Gasteiger partial charge in [0.2, 0.25) is 5.88 Å². The molecule has 0 amide bonds. The highest BCUT2D eigenvalue weighted by molar-refractivity contribution is 6.03. The molecule has 0 radical (unpaired) electrons.